The van der Waals surface area contributed by atoms with Crippen molar-refractivity contribution in [3.63, 3.8) is 0 Å². The Morgan fingerprint density at radius 1 is 1.07 bits per heavy atom. The van der Waals surface area contributed by atoms with Crippen LogP contribution >= 0.6 is 12.6 Å². The highest BCUT2D eigenvalue weighted by Gasteiger charge is 2.30. The molecule has 3 N–H and O–H groups in total. The number of unbranched alkanes of at least 4 members (excludes halogenated alkanes) is 1. The molecule has 0 bridgehead atoms. The third-order valence-corrected chi connectivity index (χ3v) is 9.92. The van der Waals surface area contributed by atoms with Crippen molar-refractivity contribution in [2.45, 2.75) is 94.4 Å². The van der Waals surface area contributed by atoms with E-state index in [1.54, 1.807) is 35.1 Å². The number of nitrogens with one attached hydrogen (secondary N) is 2. The van der Waals surface area contributed by atoms with Crippen molar-refractivity contribution in [1.82, 2.24) is 14.9 Å². The molecular weight excluding hydrogens is 605 g/mol. The molecule has 0 spiro atoms. The lowest BCUT2D eigenvalue weighted by molar-refractivity contribution is -0.132. The molecule has 0 saturated heterocycles. The molecule has 44 heavy (non-hydrogen) atoms. The van der Waals surface area contributed by atoms with Crippen molar-refractivity contribution >= 4 is 40.4 Å². The molecule has 3 rings (SSSR count). The fourth-order valence-electron chi connectivity index (χ4n) is 5.31. The van der Waals surface area contributed by atoms with Crippen molar-refractivity contribution in [2.75, 3.05) is 13.1 Å². The molecule has 0 radical (unpaired) electrons. The summed E-state index contributed by atoms with van der Waals surface area (Å²) in [6.45, 7) is 3.19. The Morgan fingerprint density at radius 3 is 2.39 bits per heavy atom. The highest BCUT2D eigenvalue weighted by Crippen LogP contribution is 2.32. The molecule has 1 aliphatic carbocycles. The van der Waals surface area contributed by atoms with Crippen molar-refractivity contribution in [3.8, 4) is 11.1 Å². The van der Waals surface area contributed by atoms with E-state index in [0.29, 0.717) is 24.4 Å². The summed E-state index contributed by atoms with van der Waals surface area (Å²) in [5, 5.41) is 12.5. The number of aliphatic hydroxyl groups is 1. The minimum atomic E-state index is -4.77. The first-order valence-electron chi connectivity index (χ1n) is 15.3. The molecule has 0 heterocycles. The largest absolute Gasteiger partial charge is 0.384 e. The van der Waals surface area contributed by atoms with Gasteiger partial charge in [-0.15, -0.1) is 0 Å². The van der Waals surface area contributed by atoms with E-state index < -0.39 is 32.7 Å². The van der Waals surface area contributed by atoms with Crippen LogP contribution in [0.4, 0.5) is 4.39 Å². The van der Waals surface area contributed by atoms with Crippen molar-refractivity contribution in [3.05, 3.63) is 53.8 Å². The van der Waals surface area contributed by atoms with Crippen LogP contribution in [-0.4, -0.2) is 60.6 Å². The normalized spacial score (nSPS) is 15.3. The molecule has 242 valence electrons. The number of thiol groups is 1. The minimum Gasteiger partial charge on any atom is -0.384 e. The van der Waals surface area contributed by atoms with Gasteiger partial charge in [0.15, 0.2) is 0 Å². The highest BCUT2D eigenvalue weighted by atomic mass is 32.2. The fraction of sp³-hybridized carbons (Fsp3) is 0.531. The number of carbonyl (C=O) groups excluding carboxylic acids is 3. The number of nitrogens with zero attached hydrogens (tertiary/aromatic N) is 1. The number of benzene rings is 2. The standard InChI is InChI=1S/C32H44FN3O6S2/c1-3-4-15-29(39)36(19-18-28(38)34-20-27(43)24-13-9-6-10-14-24)21-25-16-17-26(23-11-7-5-8-12-23)31(30(25)33)44(41,42)35-32(40)22(2)37/h5,7-8,11-12,16-17,22,24,27,37,43H,3-4,6,9-10,13-15,18-21H2,1-2H3,(H,34,38)(H,35,40)/t22-,27-/m0/s1. The summed E-state index contributed by atoms with van der Waals surface area (Å²) in [5.74, 6) is -2.41. The zero-order valence-electron chi connectivity index (χ0n) is 25.4. The minimum absolute atomic E-state index is 0.00969. The molecule has 2 aromatic carbocycles. The van der Waals surface area contributed by atoms with Gasteiger partial charge in [0.05, 0.1) is 0 Å². The number of rotatable bonds is 15. The summed E-state index contributed by atoms with van der Waals surface area (Å²) in [6.07, 6.45) is 5.66. The number of hydrogen-bond acceptors (Lipinski definition) is 7. The average molecular weight is 650 g/mol. The number of aliphatic hydroxyl groups excluding tert-OH is 1. The highest BCUT2D eigenvalue weighted by molar-refractivity contribution is 7.90. The van der Waals surface area contributed by atoms with Crippen molar-refractivity contribution in [1.29, 1.82) is 0 Å². The lowest BCUT2D eigenvalue weighted by atomic mass is 9.86. The van der Waals surface area contributed by atoms with Crippen LogP contribution in [0.2, 0.25) is 0 Å². The summed E-state index contributed by atoms with van der Waals surface area (Å²) >= 11 is 4.69. The Hall–Kier alpha value is -2.96. The van der Waals surface area contributed by atoms with Gasteiger partial charge in [0.25, 0.3) is 15.9 Å². The van der Waals surface area contributed by atoms with Gasteiger partial charge in [0.2, 0.25) is 11.8 Å². The van der Waals surface area contributed by atoms with E-state index in [9.17, 15) is 27.9 Å². The van der Waals surface area contributed by atoms with Crippen molar-refractivity contribution in [2.24, 2.45) is 5.92 Å². The smallest absolute Gasteiger partial charge is 0.267 e. The molecular formula is C32H44FN3O6S2. The molecule has 1 saturated carbocycles. The molecule has 2 atom stereocenters. The second-order valence-electron chi connectivity index (χ2n) is 11.4. The van der Waals surface area contributed by atoms with Gasteiger partial charge in [0, 0.05) is 48.9 Å². The van der Waals surface area contributed by atoms with E-state index in [1.807, 2.05) is 6.92 Å². The first kappa shape index (κ1) is 35.5. The Kier molecular flexibility index (Phi) is 13.7. The van der Waals surface area contributed by atoms with Crippen LogP contribution < -0.4 is 10.0 Å². The number of hydrogen-bond donors (Lipinski definition) is 4. The van der Waals surface area contributed by atoms with E-state index in [-0.39, 0.29) is 54.1 Å². The first-order chi connectivity index (χ1) is 20.9. The zero-order valence-corrected chi connectivity index (χ0v) is 27.1. The van der Waals surface area contributed by atoms with Gasteiger partial charge in [0.1, 0.15) is 16.8 Å². The number of sulfonamides is 1. The molecule has 0 aliphatic heterocycles. The summed E-state index contributed by atoms with van der Waals surface area (Å²) in [7, 11) is -4.77. The summed E-state index contributed by atoms with van der Waals surface area (Å²) in [5.41, 5.74) is 0.318. The lowest BCUT2D eigenvalue weighted by Gasteiger charge is -2.27. The second kappa shape index (κ2) is 16.9. The van der Waals surface area contributed by atoms with Crippen LogP contribution in [0.1, 0.15) is 77.2 Å². The Labute approximate surface area is 265 Å². The van der Waals surface area contributed by atoms with Crippen molar-refractivity contribution < 1.29 is 32.3 Å². The third kappa shape index (κ3) is 10.0. The van der Waals surface area contributed by atoms with Gasteiger partial charge in [-0.2, -0.15) is 12.6 Å². The van der Waals surface area contributed by atoms with Gasteiger partial charge in [-0.1, -0.05) is 75.1 Å². The van der Waals surface area contributed by atoms with E-state index in [4.69, 9.17) is 12.6 Å². The zero-order chi connectivity index (χ0) is 32.3. The Morgan fingerprint density at radius 2 is 1.75 bits per heavy atom. The molecule has 12 heteroatoms. The van der Waals surface area contributed by atoms with Gasteiger partial charge in [-0.3, -0.25) is 14.4 Å². The monoisotopic (exact) mass is 649 g/mol. The predicted molar refractivity (Wildman–Crippen MR) is 171 cm³/mol. The van der Waals surface area contributed by atoms with Crippen LogP contribution in [0, 0.1) is 11.7 Å². The summed E-state index contributed by atoms with van der Waals surface area (Å²) in [4.78, 5) is 38.6. The van der Waals surface area contributed by atoms with Crippen LogP contribution in [0.25, 0.3) is 11.1 Å². The van der Waals surface area contributed by atoms with E-state index in [2.05, 4.69) is 5.32 Å². The predicted octanol–water partition coefficient (Wildman–Crippen LogP) is 4.58. The lowest BCUT2D eigenvalue weighted by Crippen LogP contribution is -2.38. The molecule has 0 aromatic heterocycles. The quantitative estimate of drug-likeness (QED) is 0.209. The Bertz CT molecular complexity index is 1380. The van der Waals surface area contributed by atoms with E-state index in [0.717, 1.165) is 26.2 Å². The SMILES string of the molecule is CCCCC(=O)N(CCC(=O)NC[C@H](S)C1CCCCC1)Cc1ccc(-c2ccccc2)c(S(=O)(=O)NC(=O)[C@H](C)O)c1F. The van der Waals surface area contributed by atoms with Crippen LogP contribution in [0.3, 0.4) is 0 Å². The fourth-order valence-corrected chi connectivity index (χ4v) is 7.08. The van der Waals surface area contributed by atoms with Crippen LogP contribution in [0.15, 0.2) is 47.4 Å². The first-order valence-corrected chi connectivity index (χ1v) is 17.3. The van der Waals surface area contributed by atoms with E-state index in [1.165, 1.54) is 36.3 Å². The maximum atomic E-state index is 16.2. The van der Waals surface area contributed by atoms with Gasteiger partial charge < -0.3 is 15.3 Å². The maximum Gasteiger partial charge on any atom is 0.267 e. The molecule has 9 nitrogen and oxygen atoms in total. The molecule has 1 aliphatic rings. The van der Waals surface area contributed by atoms with Gasteiger partial charge >= 0.3 is 0 Å². The topological polar surface area (TPSA) is 133 Å². The summed E-state index contributed by atoms with van der Waals surface area (Å²) < 4.78 is 44.6. The van der Waals surface area contributed by atoms with E-state index >= 15 is 4.39 Å². The van der Waals surface area contributed by atoms with Gasteiger partial charge in [-0.25, -0.2) is 17.5 Å². The average Bonchev–Trinajstić information content (AvgIpc) is 3.01. The number of halogens is 1. The van der Waals surface area contributed by atoms with Crippen LogP contribution in [-0.2, 0) is 31.0 Å². The summed E-state index contributed by atoms with van der Waals surface area (Å²) in [6, 6.07) is 11.1. The number of carbonyl (C=O) groups is 3. The Balaban J connectivity index is 1.85. The number of amides is 3. The molecule has 1 fully saturated rings. The molecule has 0 unspecified atom stereocenters. The van der Waals surface area contributed by atoms with Gasteiger partial charge in [-0.05, 0) is 37.7 Å². The third-order valence-electron chi connectivity index (χ3n) is 7.91. The maximum absolute atomic E-state index is 16.2. The molecule has 2 aromatic rings. The molecule has 3 amide bonds. The second-order valence-corrected chi connectivity index (χ2v) is 13.6. The van der Waals surface area contributed by atoms with Crippen LogP contribution in [0.5, 0.6) is 0 Å².